The SMILES string of the molecule is CC(=O)N1C[C@H]2C[C@@H](C1)[C@H](C(=O)NCc1sc(C)nc1C)n1c2cccc1=O. The van der Waals surface area contributed by atoms with Crippen LogP contribution in [0.4, 0.5) is 0 Å². The van der Waals surface area contributed by atoms with Crippen LogP contribution in [-0.4, -0.2) is 39.4 Å². The van der Waals surface area contributed by atoms with Gasteiger partial charge in [0.1, 0.15) is 6.04 Å². The molecule has 4 heterocycles. The summed E-state index contributed by atoms with van der Waals surface area (Å²) in [5, 5.41) is 3.97. The van der Waals surface area contributed by atoms with Crippen LogP contribution in [0.2, 0.25) is 0 Å². The predicted octanol–water partition coefficient (Wildman–Crippen LogP) is 1.74. The summed E-state index contributed by atoms with van der Waals surface area (Å²) >= 11 is 1.57. The first-order valence-corrected chi connectivity index (χ1v) is 10.3. The number of fused-ring (bicyclic) bond motifs is 4. The van der Waals surface area contributed by atoms with E-state index in [1.165, 1.54) is 6.07 Å². The van der Waals surface area contributed by atoms with Gasteiger partial charge < -0.3 is 10.2 Å². The number of hydrogen-bond acceptors (Lipinski definition) is 5. The number of amides is 2. The van der Waals surface area contributed by atoms with Crippen LogP contribution in [0, 0.1) is 19.8 Å². The fourth-order valence-electron chi connectivity index (χ4n) is 4.54. The monoisotopic (exact) mass is 400 g/mol. The Hall–Kier alpha value is -2.48. The molecule has 2 aromatic rings. The maximum Gasteiger partial charge on any atom is 0.251 e. The summed E-state index contributed by atoms with van der Waals surface area (Å²) in [5.74, 6) is -0.142. The first-order chi connectivity index (χ1) is 13.3. The van der Waals surface area contributed by atoms with E-state index in [9.17, 15) is 14.4 Å². The number of aryl methyl sites for hydroxylation is 2. The molecule has 28 heavy (non-hydrogen) atoms. The Kier molecular flexibility index (Phi) is 4.82. The minimum Gasteiger partial charge on any atom is -0.349 e. The van der Waals surface area contributed by atoms with E-state index >= 15 is 0 Å². The lowest BCUT2D eigenvalue weighted by molar-refractivity contribution is -0.135. The molecular weight excluding hydrogens is 376 g/mol. The highest BCUT2D eigenvalue weighted by Crippen LogP contribution is 2.41. The molecule has 2 amide bonds. The van der Waals surface area contributed by atoms with Crippen LogP contribution in [0.15, 0.2) is 23.0 Å². The summed E-state index contributed by atoms with van der Waals surface area (Å²) in [6, 6.07) is 4.55. The molecule has 0 aromatic carbocycles. The van der Waals surface area contributed by atoms with Crippen LogP contribution < -0.4 is 10.9 Å². The van der Waals surface area contributed by atoms with Gasteiger partial charge in [-0.2, -0.15) is 0 Å². The van der Waals surface area contributed by atoms with Crippen molar-refractivity contribution >= 4 is 23.2 Å². The molecule has 0 radical (unpaired) electrons. The number of carbonyl (C=O) groups excluding carboxylic acids is 2. The van der Waals surface area contributed by atoms with Crippen molar-refractivity contribution in [1.29, 1.82) is 0 Å². The number of thiazole rings is 1. The lowest BCUT2D eigenvalue weighted by Gasteiger charge is -2.46. The molecule has 1 saturated heterocycles. The Balaban J connectivity index is 1.65. The predicted molar refractivity (Wildman–Crippen MR) is 106 cm³/mol. The molecule has 0 aliphatic carbocycles. The van der Waals surface area contributed by atoms with E-state index in [-0.39, 0.29) is 29.2 Å². The quantitative estimate of drug-likeness (QED) is 0.851. The Morgan fingerprint density at radius 1 is 1.29 bits per heavy atom. The summed E-state index contributed by atoms with van der Waals surface area (Å²) in [7, 11) is 0. The van der Waals surface area contributed by atoms with Gasteiger partial charge in [-0.05, 0) is 26.3 Å². The number of pyridine rings is 1. The van der Waals surface area contributed by atoms with Crippen LogP contribution in [0.25, 0.3) is 0 Å². The molecule has 3 atom stereocenters. The zero-order valence-electron chi connectivity index (χ0n) is 16.3. The molecule has 8 heteroatoms. The van der Waals surface area contributed by atoms with Crippen LogP contribution in [-0.2, 0) is 16.1 Å². The first kappa shape index (κ1) is 18.9. The van der Waals surface area contributed by atoms with E-state index in [2.05, 4.69) is 10.3 Å². The van der Waals surface area contributed by atoms with Crippen LogP contribution in [0.5, 0.6) is 0 Å². The molecule has 2 bridgehead atoms. The van der Waals surface area contributed by atoms with Crippen molar-refractivity contribution in [1.82, 2.24) is 19.8 Å². The van der Waals surface area contributed by atoms with Gasteiger partial charge in [0.2, 0.25) is 11.8 Å². The normalized spacial score (nSPS) is 23.2. The number of aromatic nitrogens is 2. The average molecular weight is 401 g/mol. The molecule has 4 rings (SSSR count). The highest BCUT2D eigenvalue weighted by atomic mass is 32.1. The molecule has 148 valence electrons. The summed E-state index contributed by atoms with van der Waals surface area (Å²) in [6.45, 7) is 6.94. The minimum atomic E-state index is -0.601. The Morgan fingerprint density at radius 2 is 2.07 bits per heavy atom. The Labute approximate surface area is 167 Å². The van der Waals surface area contributed by atoms with Crippen molar-refractivity contribution in [2.45, 2.75) is 45.7 Å². The maximum atomic E-state index is 13.2. The number of hydrogen-bond donors (Lipinski definition) is 1. The smallest absolute Gasteiger partial charge is 0.251 e. The van der Waals surface area contributed by atoms with Crippen LogP contribution in [0.3, 0.4) is 0 Å². The number of carbonyl (C=O) groups is 2. The zero-order chi connectivity index (χ0) is 20.0. The fraction of sp³-hybridized carbons (Fsp3) is 0.500. The van der Waals surface area contributed by atoms with Gasteiger partial charge in [0.05, 0.1) is 17.2 Å². The van der Waals surface area contributed by atoms with Crippen LogP contribution >= 0.6 is 11.3 Å². The van der Waals surface area contributed by atoms with E-state index in [0.29, 0.717) is 19.6 Å². The second-order valence-electron chi connectivity index (χ2n) is 7.68. The molecule has 2 aliphatic heterocycles. The molecule has 2 aromatic heterocycles. The van der Waals surface area contributed by atoms with Crippen molar-refractivity contribution in [3.05, 3.63) is 49.8 Å². The summed E-state index contributed by atoms with van der Waals surface area (Å²) in [5.41, 5.74) is 1.61. The van der Waals surface area contributed by atoms with Crippen molar-refractivity contribution in [3.63, 3.8) is 0 Å². The third kappa shape index (κ3) is 3.26. The second-order valence-corrected chi connectivity index (χ2v) is 8.97. The van der Waals surface area contributed by atoms with Crippen molar-refractivity contribution in [3.8, 4) is 0 Å². The van der Waals surface area contributed by atoms with E-state index in [0.717, 1.165) is 27.7 Å². The number of nitrogens with zero attached hydrogens (tertiary/aromatic N) is 3. The van der Waals surface area contributed by atoms with Crippen molar-refractivity contribution in [2.24, 2.45) is 5.92 Å². The molecule has 0 saturated carbocycles. The number of rotatable bonds is 3. The lowest BCUT2D eigenvalue weighted by atomic mass is 9.78. The standard InChI is InChI=1S/C20H24N4O3S/c1-11-17(28-12(2)22-11)8-21-20(27)19-15-7-14(9-23(10-15)13(3)25)16-5-4-6-18(26)24(16)19/h4-6,14-15,19H,7-10H2,1-3H3,(H,21,27)/t14-,15+,19-/m1/s1. The van der Waals surface area contributed by atoms with E-state index < -0.39 is 6.04 Å². The van der Waals surface area contributed by atoms with Gasteiger partial charge in [-0.3, -0.25) is 19.0 Å². The summed E-state index contributed by atoms with van der Waals surface area (Å²) < 4.78 is 1.65. The van der Waals surface area contributed by atoms with Gasteiger partial charge in [-0.15, -0.1) is 11.3 Å². The molecule has 1 fully saturated rings. The Bertz CT molecular complexity index is 996. The van der Waals surface area contributed by atoms with Gasteiger partial charge >= 0.3 is 0 Å². The van der Waals surface area contributed by atoms with Gasteiger partial charge in [0.15, 0.2) is 0 Å². The molecule has 7 nitrogen and oxygen atoms in total. The third-order valence-electron chi connectivity index (χ3n) is 5.78. The molecule has 0 spiro atoms. The van der Waals surface area contributed by atoms with Gasteiger partial charge in [-0.1, -0.05) is 6.07 Å². The summed E-state index contributed by atoms with van der Waals surface area (Å²) in [6.07, 6.45) is 0.810. The molecule has 2 aliphatic rings. The first-order valence-electron chi connectivity index (χ1n) is 9.52. The zero-order valence-corrected chi connectivity index (χ0v) is 17.1. The van der Waals surface area contributed by atoms with Crippen molar-refractivity contribution in [2.75, 3.05) is 13.1 Å². The topological polar surface area (TPSA) is 84.3 Å². The van der Waals surface area contributed by atoms with E-state index in [1.807, 2.05) is 19.9 Å². The second kappa shape index (κ2) is 7.16. The largest absolute Gasteiger partial charge is 0.349 e. The summed E-state index contributed by atoms with van der Waals surface area (Å²) in [4.78, 5) is 45.1. The molecule has 1 N–H and O–H groups in total. The van der Waals surface area contributed by atoms with E-state index in [4.69, 9.17) is 0 Å². The number of nitrogens with one attached hydrogen (secondary N) is 1. The van der Waals surface area contributed by atoms with Gasteiger partial charge in [-0.25, -0.2) is 4.98 Å². The molecule has 0 unspecified atom stereocenters. The lowest BCUT2D eigenvalue weighted by Crippen LogP contribution is -2.54. The molecular formula is C20H24N4O3S. The van der Waals surface area contributed by atoms with Gasteiger partial charge in [0.25, 0.3) is 5.56 Å². The minimum absolute atomic E-state index is 0.0105. The fourth-order valence-corrected chi connectivity index (χ4v) is 5.41. The van der Waals surface area contributed by atoms with Crippen molar-refractivity contribution < 1.29 is 9.59 Å². The van der Waals surface area contributed by atoms with Crippen LogP contribution in [0.1, 0.15) is 46.6 Å². The van der Waals surface area contributed by atoms with E-state index in [1.54, 1.807) is 33.8 Å². The Morgan fingerprint density at radius 3 is 2.75 bits per heavy atom. The number of likely N-dealkylation sites (tertiary alicyclic amines) is 1. The highest BCUT2D eigenvalue weighted by molar-refractivity contribution is 7.11. The van der Waals surface area contributed by atoms with Gasteiger partial charge in [0, 0.05) is 48.5 Å². The number of piperidine rings is 1. The highest BCUT2D eigenvalue weighted by Gasteiger charge is 2.44. The maximum absolute atomic E-state index is 13.2. The average Bonchev–Trinajstić information content (AvgIpc) is 2.97. The third-order valence-corrected chi connectivity index (χ3v) is 6.86.